The number of rotatable bonds is 6. The van der Waals surface area contributed by atoms with E-state index >= 15 is 4.39 Å². The first-order valence-corrected chi connectivity index (χ1v) is 14.3. The molecule has 9 nitrogen and oxygen atoms in total. The van der Waals surface area contributed by atoms with E-state index in [1.807, 2.05) is 12.1 Å². The number of aliphatic hydroxyl groups excluding tert-OH is 2. The van der Waals surface area contributed by atoms with E-state index in [9.17, 15) is 34.8 Å². The fourth-order valence-electron chi connectivity index (χ4n) is 7.53. The van der Waals surface area contributed by atoms with Crippen LogP contribution in [0.25, 0.3) is 0 Å². The average Bonchev–Trinajstić information content (AvgIpc) is 3.37. The van der Waals surface area contributed by atoms with Gasteiger partial charge in [-0.1, -0.05) is 31.2 Å². The summed E-state index contributed by atoms with van der Waals surface area (Å²) in [5.74, 6) is -7.91. The summed E-state index contributed by atoms with van der Waals surface area (Å²) < 4.78 is 16.2. The van der Waals surface area contributed by atoms with Crippen LogP contribution in [-0.4, -0.2) is 61.0 Å². The Morgan fingerprint density at radius 3 is 2.38 bits per heavy atom. The molecule has 0 bridgehead atoms. The third-order valence-electron chi connectivity index (χ3n) is 9.50. The Morgan fingerprint density at radius 1 is 1.10 bits per heavy atom. The maximum atomic E-state index is 16.2. The molecule has 42 heavy (non-hydrogen) atoms. The van der Waals surface area contributed by atoms with Crippen molar-refractivity contribution in [1.82, 2.24) is 4.90 Å². The molecule has 0 saturated heterocycles. The summed E-state index contributed by atoms with van der Waals surface area (Å²) in [7, 11) is 0. The number of aromatic hydroxyl groups is 1. The molecule has 4 aliphatic rings. The number of phenolic OH excluding ortho intramolecular Hbond substituents is 1. The number of Topliss-reactive ketones (excluding diaryl/α,β-unsaturated/α-hetero) is 2. The number of halogens is 1. The lowest BCUT2D eigenvalue weighted by Gasteiger charge is -2.45. The zero-order chi connectivity index (χ0) is 30.1. The Hall–Kier alpha value is -4.02. The van der Waals surface area contributed by atoms with Gasteiger partial charge in [-0.05, 0) is 61.8 Å². The van der Waals surface area contributed by atoms with Gasteiger partial charge in [-0.3, -0.25) is 19.3 Å². The summed E-state index contributed by atoms with van der Waals surface area (Å²) in [4.78, 5) is 40.8. The Labute approximate surface area is 241 Å². The fraction of sp³-hybridized carbons (Fsp3) is 0.406. The molecule has 0 saturated carbocycles. The number of nitrogens with two attached hydrogens (primary N) is 1. The molecular formula is C32H33FN2O7. The zero-order valence-corrected chi connectivity index (χ0v) is 23.2. The maximum Gasteiger partial charge on any atom is 0.255 e. The quantitative estimate of drug-likeness (QED) is 0.328. The van der Waals surface area contributed by atoms with Gasteiger partial charge in [0.15, 0.2) is 11.4 Å². The van der Waals surface area contributed by atoms with Crippen molar-refractivity contribution < 1.29 is 39.2 Å². The summed E-state index contributed by atoms with van der Waals surface area (Å²) in [6.45, 7) is 3.00. The number of benzene rings is 2. The van der Waals surface area contributed by atoms with Crippen molar-refractivity contribution in [3.8, 4) is 5.75 Å². The Morgan fingerprint density at radius 2 is 1.76 bits per heavy atom. The molecule has 0 radical (unpaired) electrons. The monoisotopic (exact) mass is 576 g/mol. The van der Waals surface area contributed by atoms with Crippen molar-refractivity contribution in [3.63, 3.8) is 0 Å². The van der Waals surface area contributed by atoms with Crippen LogP contribution in [0, 0.1) is 17.7 Å². The predicted molar refractivity (Wildman–Crippen MR) is 149 cm³/mol. The van der Waals surface area contributed by atoms with Gasteiger partial charge in [-0.2, -0.15) is 0 Å². The van der Waals surface area contributed by atoms with Gasteiger partial charge in [0.05, 0.1) is 5.56 Å². The highest BCUT2D eigenvalue weighted by Gasteiger charge is 2.59. The van der Waals surface area contributed by atoms with Crippen molar-refractivity contribution in [2.75, 3.05) is 6.54 Å². The largest absolute Gasteiger partial charge is 0.511 e. The summed E-state index contributed by atoms with van der Waals surface area (Å²) in [5, 5.41) is 43.8. The minimum absolute atomic E-state index is 0.0212. The van der Waals surface area contributed by atoms with E-state index in [2.05, 4.69) is 24.0 Å². The first-order valence-electron chi connectivity index (χ1n) is 14.3. The Kier molecular flexibility index (Phi) is 6.74. The lowest BCUT2D eigenvalue weighted by Crippen LogP contribution is -2.57. The molecule has 0 fully saturated rings. The molecule has 0 heterocycles. The predicted octanol–water partition coefficient (Wildman–Crippen LogP) is 3.10. The summed E-state index contributed by atoms with van der Waals surface area (Å²) >= 11 is 0. The number of hydrogen-bond donors (Lipinski definition) is 5. The van der Waals surface area contributed by atoms with E-state index in [1.165, 1.54) is 17.2 Å². The molecule has 10 heteroatoms. The highest BCUT2D eigenvalue weighted by Crippen LogP contribution is 2.51. The molecule has 1 unspecified atom stereocenters. The SMILES string of the molecule is CCCN(Cc1cc(O)c2c(c1F)CC1C[C@H]3CC(O)=C(C(N)=O)C(=O)[C@@]3(O)C(O)=C1C2=O)C1Cc2ccccc2C1. The highest BCUT2D eigenvalue weighted by atomic mass is 19.1. The van der Waals surface area contributed by atoms with E-state index in [1.54, 1.807) is 0 Å². The molecule has 2 aromatic rings. The van der Waals surface area contributed by atoms with Crippen LogP contribution in [0.1, 0.15) is 58.8 Å². The van der Waals surface area contributed by atoms with E-state index in [0.29, 0.717) is 0 Å². The van der Waals surface area contributed by atoms with Crippen LogP contribution in [0.5, 0.6) is 5.75 Å². The van der Waals surface area contributed by atoms with Gasteiger partial charge in [0.2, 0.25) is 5.78 Å². The van der Waals surface area contributed by atoms with E-state index in [4.69, 9.17) is 5.73 Å². The molecule has 0 aromatic heterocycles. The minimum atomic E-state index is -2.65. The number of amides is 1. The minimum Gasteiger partial charge on any atom is -0.511 e. The first-order chi connectivity index (χ1) is 20.0. The average molecular weight is 577 g/mol. The van der Waals surface area contributed by atoms with Crippen molar-refractivity contribution >= 4 is 17.5 Å². The third-order valence-corrected chi connectivity index (χ3v) is 9.50. The second-order valence-electron chi connectivity index (χ2n) is 11.9. The molecule has 4 aliphatic carbocycles. The number of nitrogens with zero attached hydrogens (tertiary/aromatic N) is 1. The summed E-state index contributed by atoms with van der Waals surface area (Å²) in [6.07, 6.45) is 2.08. The van der Waals surface area contributed by atoms with E-state index in [-0.39, 0.29) is 54.1 Å². The van der Waals surface area contributed by atoms with Crippen molar-refractivity contribution in [3.05, 3.63) is 86.6 Å². The van der Waals surface area contributed by atoms with Crippen LogP contribution in [0.2, 0.25) is 0 Å². The van der Waals surface area contributed by atoms with Gasteiger partial charge in [-0.25, -0.2) is 4.39 Å². The number of allylic oxidation sites excluding steroid dienone is 2. The second kappa shape index (κ2) is 10.1. The zero-order valence-electron chi connectivity index (χ0n) is 23.2. The fourth-order valence-corrected chi connectivity index (χ4v) is 7.53. The van der Waals surface area contributed by atoms with Crippen molar-refractivity contribution in [1.29, 1.82) is 0 Å². The lowest BCUT2D eigenvalue weighted by atomic mass is 9.60. The number of primary amides is 1. The first kappa shape index (κ1) is 28.1. The van der Waals surface area contributed by atoms with Crippen molar-refractivity contribution in [2.45, 2.75) is 63.6 Å². The topological polar surface area (TPSA) is 161 Å². The van der Waals surface area contributed by atoms with Crippen LogP contribution < -0.4 is 5.73 Å². The molecule has 220 valence electrons. The molecule has 6 N–H and O–H groups in total. The Balaban J connectivity index is 1.36. The maximum absolute atomic E-state index is 16.2. The normalized spacial score (nSPS) is 25.4. The standard InChI is InChI=1S/C32H33FN2O7/c1-2-7-35(20-9-15-5-3-4-6-16(15)10-20)14-18-12-22(36)25-21(27(18)33)11-17-8-19-13-23(37)26(31(34)41)30(40)32(19,42)29(39)24(17)28(25)38/h3-6,12,17,19-20,36-37,39,42H,2,7-11,13-14H2,1H3,(H2,34,41)/t17?,19-,32-/m0/s1. The van der Waals surface area contributed by atoms with Gasteiger partial charge < -0.3 is 26.2 Å². The summed E-state index contributed by atoms with van der Waals surface area (Å²) in [6, 6.07) is 9.63. The van der Waals surface area contributed by atoms with Gasteiger partial charge in [-0.15, -0.1) is 0 Å². The lowest BCUT2D eigenvalue weighted by molar-refractivity contribution is -0.144. The van der Waals surface area contributed by atoms with Crippen LogP contribution in [0.15, 0.2) is 53.0 Å². The van der Waals surface area contributed by atoms with Crippen molar-refractivity contribution in [2.24, 2.45) is 17.6 Å². The number of phenols is 1. The highest BCUT2D eigenvalue weighted by molar-refractivity contribution is 6.24. The number of hydrogen-bond acceptors (Lipinski definition) is 8. The Bertz CT molecular complexity index is 1590. The number of carbonyl (C=O) groups is 3. The number of aliphatic hydroxyl groups is 3. The molecular weight excluding hydrogens is 543 g/mol. The molecule has 6 rings (SSSR count). The second-order valence-corrected chi connectivity index (χ2v) is 11.9. The van der Waals surface area contributed by atoms with Gasteiger partial charge in [0.1, 0.15) is 28.7 Å². The molecule has 2 aromatic carbocycles. The van der Waals surface area contributed by atoms with E-state index < -0.39 is 63.6 Å². The van der Waals surface area contributed by atoms with Crippen LogP contribution >= 0.6 is 0 Å². The van der Waals surface area contributed by atoms with E-state index in [0.717, 1.165) is 25.8 Å². The van der Waals surface area contributed by atoms with Gasteiger partial charge >= 0.3 is 0 Å². The third kappa shape index (κ3) is 4.07. The molecule has 0 aliphatic heterocycles. The van der Waals surface area contributed by atoms with Crippen LogP contribution in [-0.2, 0) is 35.4 Å². The van der Waals surface area contributed by atoms with Crippen LogP contribution in [0.4, 0.5) is 4.39 Å². The number of fused-ring (bicyclic) bond motifs is 4. The number of ketones is 2. The summed E-state index contributed by atoms with van der Waals surface area (Å²) in [5.41, 5.74) is 3.94. The van der Waals surface area contributed by atoms with Gasteiger partial charge in [0, 0.05) is 41.6 Å². The number of carbonyl (C=O) groups excluding carboxylic acids is 3. The van der Waals surface area contributed by atoms with Gasteiger partial charge in [0.25, 0.3) is 5.91 Å². The molecule has 1 amide bonds. The smallest absolute Gasteiger partial charge is 0.255 e. The molecule has 0 spiro atoms. The van der Waals surface area contributed by atoms with Crippen LogP contribution in [0.3, 0.4) is 0 Å². The molecule has 3 atom stereocenters.